The van der Waals surface area contributed by atoms with Crippen LogP contribution >= 0.6 is 7.82 Å². The Morgan fingerprint density at radius 2 is 0.792 bits per heavy atom. The number of unbranched alkanes of at least 4 members (excludes halogenated alkanes) is 25. The van der Waals surface area contributed by atoms with Crippen LogP contribution in [0.4, 0.5) is 0 Å². The molecule has 77 heavy (non-hydrogen) atoms. The summed E-state index contributed by atoms with van der Waals surface area (Å²) in [6.45, 7) is 4.68. The lowest BCUT2D eigenvalue weighted by Gasteiger charge is -2.25. The number of allylic oxidation sites excluding steroid dienone is 19. The molecule has 0 aliphatic carbocycles. The van der Waals surface area contributed by atoms with Gasteiger partial charge in [-0.1, -0.05) is 270 Å². The van der Waals surface area contributed by atoms with E-state index < -0.39 is 20.0 Å². The molecular formula is C68H120N2O6P+. The average Bonchev–Trinajstić information content (AvgIpc) is 3.39. The quantitative estimate of drug-likeness (QED) is 0.0243. The molecular weight excluding hydrogens is 972 g/mol. The van der Waals surface area contributed by atoms with Crippen molar-refractivity contribution in [3.63, 3.8) is 0 Å². The molecule has 0 aromatic carbocycles. The summed E-state index contributed by atoms with van der Waals surface area (Å²) in [6, 6.07) is -0.878. The highest BCUT2D eigenvalue weighted by atomic mass is 31.2. The van der Waals surface area contributed by atoms with Gasteiger partial charge in [-0.2, -0.15) is 0 Å². The standard InChI is InChI=1S/C68H119N2O6P/c1-6-8-10-12-14-16-18-20-22-24-26-28-30-31-32-33-34-35-36-37-38-39-40-42-44-46-48-50-52-54-56-58-60-62-68(72)69-66(65-76-77(73,74)75-64-63-70(3,4)5)67(71)61-59-57-55-53-51-49-47-45-43-41-29-27-25-23-21-19-17-15-13-11-9-7-2/h8,10,14,16,20,22,26,28,31-32,34-35,37-38,40,42,51,53,59,61,66-67,71H,6-7,9,11-13,15,17-19,21,23-25,27,29-30,33,36,39,41,43-50,52,54-58,60,62-65H2,1-5H3,(H-,69,72,73,74)/p+1/b10-8-,16-14-,22-20-,28-26-,32-31-,35-34-,38-37-,42-40-,53-51+,61-59+. The number of likely N-dealkylation sites (N-methyl/N-ethyl adjacent to an activating group) is 1. The number of phosphoric acid groups is 1. The molecule has 3 N–H and O–H groups in total. The van der Waals surface area contributed by atoms with Crippen LogP contribution in [0.15, 0.2) is 122 Å². The third-order valence-electron chi connectivity index (χ3n) is 13.4. The molecule has 0 saturated heterocycles. The van der Waals surface area contributed by atoms with Gasteiger partial charge in [-0.25, -0.2) is 4.57 Å². The second-order valence-electron chi connectivity index (χ2n) is 22.0. The first-order valence-electron chi connectivity index (χ1n) is 31.4. The molecule has 1 amide bonds. The summed E-state index contributed by atoms with van der Waals surface area (Å²) in [5, 5.41) is 13.9. The van der Waals surface area contributed by atoms with E-state index in [9.17, 15) is 19.4 Å². The van der Waals surface area contributed by atoms with E-state index >= 15 is 0 Å². The minimum Gasteiger partial charge on any atom is -0.387 e. The van der Waals surface area contributed by atoms with E-state index in [1.807, 2.05) is 27.2 Å². The Kier molecular flexibility index (Phi) is 55.3. The Morgan fingerprint density at radius 3 is 1.19 bits per heavy atom. The van der Waals surface area contributed by atoms with Crippen molar-refractivity contribution >= 4 is 13.7 Å². The van der Waals surface area contributed by atoms with E-state index in [1.165, 1.54) is 128 Å². The van der Waals surface area contributed by atoms with Crippen LogP contribution in [0, 0.1) is 0 Å². The highest BCUT2D eigenvalue weighted by Gasteiger charge is 2.27. The minimum absolute atomic E-state index is 0.0485. The fourth-order valence-corrected chi connectivity index (χ4v) is 9.28. The molecule has 0 bridgehead atoms. The molecule has 0 heterocycles. The maximum absolute atomic E-state index is 13.0. The van der Waals surface area contributed by atoms with Crippen molar-refractivity contribution < 1.29 is 32.9 Å². The fraction of sp³-hybridized carbons (Fsp3) is 0.691. The number of carbonyl (C=O) groups excluding carboxylic acids is 1. The molecule has 0 aliphatic heterocycles. The van der Waals surface area contributed by atoms with Gasteiger partial charge in [-0.3, -0.25) is 13.8 Å². The molecule has 0 saturated carbocycles. The van der Waals surface area contributed by atoms with Gasteiger partial charge in [0.25, 0.3) is 0 Å². The van der Waals surface area contributed by atoms with Gasteiger partial charge >= 0.3 is 7.82 Å². The van der Waals surface area contributed by atoms with Gasteiger partial charge in [0.2, 0.25) is 5.91 Å². The van der Waals surface area contributed by atoms with Crippen LogP contribution in [-0.2, 0) is 18.4 Å². The van der Waals surface area contributed by atoms with Crippen molar-refractivity contribution in [2.45, 2.75) is 264 Å². The summed E-state index contributed by atoms with van der Waals surface area (Å²) in [6.07, 6.45) is 86.0. The first kappa shape index (κ1) is 73.9. The van der Waals surface area contributed by atoms with E-state index in [-0.39, 0.29) is 19.1 Å². The topological polar surface area (TPSA) is 105 Å². The van der Waals surface area contributed by atoms with Crippen molar-refractivity contribution in [2.75, 3.05) is 40.9 Å². The predicted molar refractivity (Wildman–Crippen MR) is 336 cm³/mol. The van der Waals surface area contributed by atoms with Gasteiger partial charge in [0, 0.05) is 6.42 Å². The number of hydrogen-bond donors (Lipinski definition) is 3. The molecule has 8 nitrogen and oxygen atoms in total. The van der Waals surface area contributed by atoms with Crippen LogP contribution in [0.3, 0.4) is 0 Å². The molecule has 0 spiro atoms. The number of aliphatic hydroxyl groups is 1. The first-order valence-corrected chi connectivity index (χ1v) is 32.9. The normalized spacial score (nSPS) is 14.6. The number of nitrogens with one attached hydrogen (secondary N) is 1. The summed E-state index contributed by atoms with van der Waals surface area (Å²) in [5.74, 6) is -0.199. The number of amides is 1. The van der Waals surface area contributed by atoms with Crippen molar-refractivity contribution in [3.8, 4) is 0 Å². The van der Waals surface area contributed by atoms with E-state index in [0.29, 0.717) is 17.4 Å². The van der Waals surface area contributed by atoms with Crippen molar-refractivity contribution in [1.29, 1.82) is 0 Å². The zero-order chi connectivity index (χ0) is 56.3. The molecule has 3 unspecified atom stereocenters. The number of carbonyl (C=O) groups is 1. The third kappa shape index (κ3) is 60.4. The fourth-order valence-electron chi connectivity index (χ4n) is 8.54. The second-order valence-corrected chi connectivity index (χ2v) is 23.5. The molecule has 9 heteroatoms. The summed E-state index contributed by atoms with van der Waals surface area (Å²) >= 11 is 0. The Hall–Kier alpha value is -3.10. The maximum Gasteiger partial charge on any atom is 0.472 e. The molecule has 0 fully saturated rings. The molecule has 0 aliphatic rings. The Morgan fingerprint density at radius 1 is 0.455 bits per heavy atom. The van der Waals surface area contributed by atoms with Crippen LogP contribution in [0.5, 0.6) is 0 Å². The first-order chi connectivity index (χ1) is 37.5. The van der Waals surface area contributed by atoms with Crippen molar-refractivity contribution in [1.82, 2.24) is 5.32 Å². The summed E-state index contributed by atoms with van der Waals surface area (Å²) in [4.78, 5) is 23.4. The lowest BCUT2D eigenvalue weighted by molar-refractivity contribution is -0.870. The summed E-state index contributed by atoms with van der Waals surface area (Å²) < 4.78 is 23.7. The Bertz CT molecular complexity index is 1670. The van der Waals surface area contributed by atoms with Crippen LogP contribution < -0.4 is 5.32 Å². The molecule has 442 valence electrons. The monoisotopic (exact) mass is 1090 g/mol. The Balaban J connectivity index is 4.25. The molecule has 0 radical (unpaired) electrons. The van der Waals surface area contributed by atoms with Crippen LogP contribution in [0.25, 0.3) is 0 Å². The van der Waals surface area contributed by atoms with Gasteiger partial charge in [0.15, 0.2) is 0 Å². The third-order valence-corrected chi connectivity index (χ3v) is 14.4. The van der Waals surface area contributed by atoms with Crippen molar-refractivity contribution in [2.24, 2.45) is 0 Å². The molecule has 0 aromatic heterocycles. The van der Waals surface area contributed by atoms with Crippen LogP contribution in [0.2, 0.25) is 0 Å². The predicted octanol–water partition coefficient (Wildman–Crippen LogP) is 19.7. The van der Waals surface area contributed by atoms with Crippen LogP contribution in [0.1, 0.15) is 251 Å². The zero-order valence-electron chi connectivity index (χ0n) is 50.4. The SMILES string of the molecule is CC/C=C\C/C=C\C/C=C\C/C=C\C/C=C\C/C=C\C/C=C\C/C=C\CCCCCCCCCCC(=O)NC(COP(=O)(O)OCC[N+](C)(C)C)C(O)/C=C/CC/C=C/CCCCCCCCCCCCCCCCCC. The number of rotatable bonds is 56. The van der Waals surface area contributed by atoms with E-state index in [4.69, 9.17) is 9.05 Å². The smallest absolute Gasteiger partial charge is 0.387 e. The van der Waals surface area contributed by atoms with Gasteiger partial charge < -0.3 is 19.8 Å². The zero-order valence-corrected chi connectivity index (χ0v) is 51.3. The highest BCUT2D eigenvalue weighted by Crippen LogP contribution is 2.43. The lowest BCUT2D eigenvalue weighted by Crippen LogP contribution is -2.45. The van der Waals surface area contributed by atoms with E-state index in [2.05, 4.69) is 129 Å². The number of phosphoric ester groups is 1. The van der Waals surface area contributed by atoms with Gasteiger partial charge in [-0.15, -0.1) is 0 Å². The molecule has 0 aromatic rings. The Labute approximate surface area is 475 Å². The minimum atomic E-state index is -4.37. The lowest BCUT2D eigenvalue weighted by atomic mass is 10.0. The largest absolute Gasteiger partial charge is 0.472 e. The number of hydrogen-bond acceptors (Lipinski definition) is 5. The number of aliphatic hydroxyl groups excluding tert-OH is 1. The average molecular weight is 1090 g/mol. The van der Waals surface area contributed by atoms with Gasteiger partial charge in [-0.05, 0) is 96.3 Å². The molecule has 3 atom stereocenters. The summed E-state index contributed by atoms with van der Waals surface area (Å²) in [7, 11) is 1.54. The van der Waals surface area contributed by atoms with E-state index in [0.717, 1.165) is 103 Å². The summed E-state index contributed by atoms with van der Waals surface area (Å²) in [5.41, 5.74) is 0. The van der Waals surface area contributed by atoms with Gasteiger partial charge in [0.05, 0.1) is 39.9 Å². The van der Waals surface area contributed by atoms with Gasteiger partial charge in [0.1, 0.15) is 13.2 Å². The van der Waals surface area contributed by atoms with Crippen LogP contribution in [-0.4, -0.2) is 73.4 Å². The van der Waals surface area contributed by atoms with E-state index in [1.54, 1.807) is 6.08 Å². The van der Waals surface area contributed by atoms with Crippen molar-refractivity contribution in [3.05, 3.63) is 122 Å². The number of quaternary nitrogens is 1. The second kappa shape index (κ2) is 57.6. The highest BCUT2D eigenvalue weighted by molar-refractivity contribution is 7.47. The maximum atomic E-state index is 13.0. The number of nitrogens with zero attached hydrogens (tertiary/aromatic N) is 1. The molecule has 0 rings (SSSR count).